The number of tetrazole rings is 1. The van der Waals surface area contributed by atoms with Gasteiger partial charge in [0, 0.05) is 5.56 Å². The van der Waals surface area contributed by atoms with E-state index in [-0.39, 0.29) is 30.9 Å². The zero-order valence-corrected chi connectivity index (χ0v) is 25.4. The summed E-state index contributed by atoms with van der Waals surface area (Å²) < 4.78 is 17.6. The number of hydrogen-bond acceptors (Lipinski definition) is 13. The van der Waals surface area contributed by atoms with Gasteiger partial charge in [-0.1, -0.05) is 54.6 Å². The number of aromatic carboxylic acids is 1. The Balaban J connectivity index is 1.23. The van der Waals surface area contributed by atoms with E-state index in [4.69, 9.17) is 24.6 Å². The second-order valence-corrected chi connectivity index (χ2v) is 10.1. The minimum absolute atomic E-state index is 0.114. The lowest BCUT2D eigenvalue weighted by Crippen LogP contribution is -2.15. The molecule has 3 N–H and O–H groups in total. The van der Waals surface area contributed by atoms with Gasteiger partial charge >= 0.3 is 12.1 Å². The third-order valence-electron chi connectivity index (χ3n) is 6.98. The Kier molecular flexibility index (Phi) is 11.0. The molecule has 0 aliphatic carbocycles. The Morgan fingerprint density at radius 3 is 2.40 bits per heavy atom. The van der Waals surface area contributed by atoms with E-state index in [9.17, 15) is 14.7 Å². The van der Waals surface area contributed by atoms with Gasteiger partial charge in [0.15, 0.2) is 0 Å². The molecular weight excluding hydrogens is 614 g/mol. The molecule has 0 aliphatic heterocycles. The summed E-state index contributed by atoms with van der Waals surface area (Å²) >= 11 is 0. The normalized spacial score (nSPS) is 11.2. The van der Waals surface area contributed by atoms with Crippen molar-refractivity contribution >= 4 is 23.2 Å². The minimum atomic E-state index is -1.04. The van der Waals surface area contributed by atoms with Gasteiger partial charge in [-0.3, -0.25) is 19.8 Å². The van der Waals surface area contributed by atoms with E-state index >= 15 is 0 Å². The van der Waals surface area contributed by atoms with Crippen LogP contribution in [0.5, 0.6) is 6.01 Å². The van der Waals surface area contributed by atoms with Crippen molar-refractivity contribution in [2.45, 2.75) is 39.5 Å². The zero-order valence-electron chi connectivity index (χ0n) is 25.4. The standard InChI is InChI=1S/C31H33N7O9/c1-2-44-30-32-26-12-8-11-25(29(39)40)27(26)36(30)19-21-13-15-22(16-14-21)23-9-4-5-10-24(23)28-33-35-37(34-28)20-46-31(41)45-17-6-3-7-18-47-38(42)43/h4-5,8-16,42-43H,2-3,6-7,17-20H2,1H3,(H,39,40). The first-order valence-electron chi connectivity index (χ1n) is 14.8. The van der Waals surface area contributed by atoms with E-state index in [2.05, 4.69) is 25.2 Å². The first-order chi connectivity index (χ1) is 22.8. The molecule has 0 saturated heterocycles. The highest BCUT2D eigenvalue weighted by Gasteiger charge is 2.19. The molecule has 3 aromatic carbocycles. The molecule has 0 radical (unpaired) electrons. The van der Waals surface area contributed by atoms with Gasteiger partial charge in [0.05, 0.1) is 48.4 Å². The van der Waals surface area contributed by atoms with Crippen molar-refractivity contribution in [1.29, 1.82) is 0 Å². The van der Waals surface area contributed by atoms with Crippen molar-refractivity contribution in [3.05, 3.63) is 77.9 Å². The Bertz CT molecular complexity index is 1800. The van der Waals surface area contributed by atoms with Crippen LogP contribution >= 0.6 is 0 Å². The Morgan fingerprint density at radius 1 is 0.894 bits per heavy atom. The van der Waals surface area contributed by atoms with Gasteiger partial charge in [-0.05, 0) is 60.2 Å². The van der Waals surface area contributed by atoms with E-state index in [0.29, 0.717) is 60.8 Å². The predicted molar refractivity (Wildman–Crippen MR) is 163 cm³/mol. The molecule has 5 rings (SSSR count). The maximum atomic E-state index is 12.0. The molecule has 246 valence electrons. The third kappa shape index (κ3) is 8.44. The highest BCUT2D eigenvalue weighted by Crippen LogP contribution is 2.31. The number of ether oxygens (including phenoxy) is 3. The van der Waals surface area contributed by atoms with Crippen LogP contribution in [0.2, 0.25) is 0 Å². The van der Waals surface area contributed by atoms with E-state index in [1.165, 1.54) is 0 Å². The molecule has 0 fully saturated rings. The minimum Gasteiger partial charge on any atom is -0.478 e. The third-order valence-corrected chi connectivity index (χ3v) is 6.98. The summed E-state index contributed by atoms with van der Waals surface area (Å²) in [5, 5.41) is 38.9. The number of para-hydroxylation sites is 1. The number of fused-ring (bicyclic) bond motifs is 1. The number of carboxylic acid groups (broad SMARTS) is 1. The first-order valence-corrected chi connectivity index (χ1v) is 14.8. The highest BCUT2D eigenvalue weighted by molar-refractivity contribution is 6.01. The summed E-state index contributed by atoms with van der Waals surface area (Å²) in [6.07, 6.45) is 0.843. The molecule has 0 unspecified atom stereocenters. The van der Waals surface area contributed by atoms with Crippen molar-refractivity contribution in [2.75, 3.05) is 19.8 Å². The summed E-state index contributed by atoms with van der Waals surface area (Å²) in [4.78, 5) is 34.0. The van der Waals surface area contributed by atoms with Crippen LogP contribution in [0.4, 0.5) is 4.79 Å². The fourth-order valence-corrected chi connectivity index (χ4v) is 4.87. The van der Waals surface area contributed by atoms with Crippen molar-refractivity contribution in [2.24, 2.45) is 0 Å². The lowest BCUT2D eigenvalue weighted by atomic mass is 9.98. The van der Waals surface area contributed by atoms with Gasteiger partial charge in [-0.2, -0.15) is 4.98 Å². The summed E-state index contributed by atoms with van der Waals surface area (Å²) in [5.41, 5.74) is 4.55. The molecule has 0 amide bonds. The fraction of sp³-hybridized carbons (Fsp3) is 0.290. The molecular formula is C31H33N7O9. The van der Waals surface area contributed by atoms with E-state index < -0.39 is 12.1 Å². The van der Waals surface area contributed by atoms with Gasteiger partial charge in [0.1, 0.15) is 0 Å². The number of rotatable bonds is 16. The van der Waals surface area contributed by atoms with Crippen LogP contribution in [0, 0.1) is 0 Å². The van der Waals surface area contributed by atoms with E-state index in [0.717, 1.165) is 21.5 Å². The van der Waals surface area contributed by atoms with Gasteiger partial charge in [0.2, 0.25) is 12.6 Å². The number of nitrogens with zero attached hydrogens (tertiary/aromatic N) is 7. The molecule has 0 atom stereocenters. The molecule has 0 saturated carbocycles. The second-order valence-electron chi connectivity index (χ2n) is 10.1. The maximum absolute atomic E-state index is 12.0. The Morgan fingerprint density at radius 2 is 1.66 bits per heavy atom. The average Bonchev–Trinajstić information content (AvgIpc) is 3.68. The average molecular weight is 648 g/mol. The topological polar surface area (TPSA) is 196 Å². The molecule has 16 heteroatoms. The van der Waals surface area contributed by atoms with Crippen LogP contribution in [-0.4, -0.2) is 82.6 Å². The van der Waals surface area contributed by atoms with Crippen LogP contribution in [0.25, 0.3) is 33.5 Å². The van der Waals surface area contributed by atoms with Crippen molar-refractivity contribution in [3.8, 4) is 28.5 Å². The molecule has 0 bridgehead atoms. The van der Waals surface area contributed by atoms with Crippen LogP contribution in [0.1, 0.15) is 42.1 Å². The van der Waals surface area contributed by atoms with Crippen molar-refractivity contribution in [1.82, 2.24) is 35.1 Å². The van der Waals surface area contributed by atoms with Gasteiger partial charge in [-0.25, -0.2) is 9.59 Å². The van der Waals surface area contributed by atoms with Gasteiger partial charge in [-0.15, -0.1) is 15.0 Å². The van der Waals surface area contributed by atoms with Crippen LogP contribution < -0.4 is 4.74 Å². The SMILES string of the molecule is CCOc1nc2cccc(C(=O)O)c2n1Cc1ccc(-c2ccccc2-c2nnn(COC(=O)OCCCCCON(O)O)n2)cc1. The maximum Gasteiger partial charge on any atom is 0.510 e. The monoisotopic (exact) mass is 647 g/mol. The molecule has 16 nitrogen and oxygen atoms in total. The number of hydrogen-bond donors (Lipinski definition) is 3. The first kappa shape index (κ1) is 33.0. The number of unbranched alkanes of at least 4 members (excludes halogenated alkanes) is 2. The molecule has 47 heavy (non-hydrogen) atoms. The zero-order chi connectivity index (χ0) is 33.2. The second kappa shape index (κ2) is 15.7. The Labute approximate surface area is 268 Å². The predicted octanol–water partition coefficient (Wildman–Crippen LogP) is 4.80. The Hall–Kier alpha value is -5.42. The summed E-state index contributed by atoms with van der Waals surface area (Å²) in [5.74, 6) is -0.708. The number of aromatic nitrogens is 6. The largest absolute Gasteiger partial charge is 0.510 e. The van der Waals surface area contributed by atoms with Gasteiger partial charge in [0.25, 0.3) is 6.01 Å². The number of imidazole rings is 1. The molecule has 2 aromatic heterocycles. The number of carbonyl (C=O) groups excluding carboxylic acids is 1. The molecule has 0 aliphatic rings. The molecule has 0 spiro atoms. The lowest BCUT2D eigenvalue weighted by molar-refractivity contribution is -0.492. The number of benzene rings is 3. The summed E-state index contributed by atoms with van der Waals surface area (Å²) in [6.45, 7) is 2.52. The summed E-state index contributed by atoms with van der Waals surface area (Å²) in [7, 11) is 0. The van der Waals surface area contributed by atoms with Crippen LogP contribution in [-0.2, 0) is 27.6 Å². The van der Waals surface area contributed by atoms with E-state index in [1.807, 2.05) is 55.5 Å². The number of carboxylic acids is 1. The summed E-state index contributed by atoms with van der Waals surface area (Å²) in [6, 6.07) is 20.7. The molecule has 5 aromatic rings. The van der Waals surface area contributed by atoms with Gasteiger partial charge < -0.3 is 19.3 Å². The van der Waals surface area contributed by atoms with E-state index in [1.54, 1.807) is 22.8 Å². The van der Waals surface area contributed by atoms with Crippen molar-refractivity contribution in [3.63, 3.8) is 0 Å². The van der Waals surface area contributed by atoms with Crippen LogP contribution in [0.15, 0.2) is 66.7 Å². The highest BCUT2D eigenvalue weighted by atomic mass is 17.1. The smallest absolute Gasteiger partial charge is 0.478 e. The van der Waals surface area contributed by atoms with Crippen molar-refractivity contribution < 1.29 is 44.2 Å². The fourth-order valence-electron chi connectivity index (χ4n) is 4.87. The molecule has 2 heterocycles. The lowest BCUT2D eigenvalue weighted by Gasteiger charge is -2.12. The quantitative estimate of drug-likeness (QED) is 0.0750. The van der Waals surface area contributed by atoms with Crippen LogP contribution in [0.3, 0.4) is 0 Å². The number of carbonyl (C=O) groups is 2.